The maximum atomic E-state index is 12.1. The summed E-state index contributed by atoms with van der Waals surface area (Å²) < 4.78 is 0. The number of hydrogen-bond donors (Lipinski definition) is 2. The summed E-state index contributed by atoms with van der Waals surface area (Å²) in [6.45, 7) is 1.60. The van der Waals surface area contributed by atoms with Crippen LogP contribution in [0.3, 0.4) is 0 Å². The third-order valence-corrected chi connectivity index (χ3v) is 3.70. The van der Waals surface area contributed by atoms with Gasteiger partial charge < -0.3 is 10.6 Å². The van der Waals surface area contributed by atoms with E-state index in [1.54, 1.807) is 25.1 Å². The van der Waals surface area contributed by atoms with Gasteiger partial charge in [-0.05, 0) is 37.3 Å². The smallest absolute Gasteiger partial charge is 0.251 e. The standard InChI is InChI=1S/C16H14Cl2N2O2/c1-10(15(21)20-12-5-3-2-4-6-12)19-16(22)11-7-8-13(17)14(18)9-11/h2-10H,1H3,(H,19,22)(H,20,21). The van der Waals surface area contributed by atoms with Crippen molar-refractivity contribution in [2.45, 2.75) is 13.0 Å². The van der Waals surface area contributed by atoms with Crippen LogP contribution in [0.4, 0.5) is 5.69 Å². The number of benzene rings is 2. The van der Waals surface area contributed by atoms with Crippen LogP contribution in [-0.4, -0.2) is 17.9 Å². The molecule has 0 aliphatic rings. The molecular weight excluding hydrogens is 323 g/mol. The molecule has 1 atom stereocenters. The van der Waals surface area contributed by atoms with Crippen molar-refractivity contribution in [2.24, 2.45) is 0 Å². The van der Waals surface area contributed by atoms with Gasteiger partial charge in [-0.2, -0.15) is 0 Å². The zero-order valence-electron chi connectivity index (χ0n) is 11.8. The lowest BCUT2D eigenvalue weighted by Gasteiger charge is -2.14. The van der Waals surface area contributed by atoms with E-state index in [0.717, 1.165) is 0 Å². The number of nitrogens with one attached hydrogen (secondary N) is 2. The first-order chi connectivity index (χ1) is 10.5. The first kappa shape index (κ1) is 16.3. The second-order valence-corrected chi connectivity index (χ2v) is 5.49. The third kappa shape index (κ3) is 4.23. The fourth-order valence-corrected chi connectivity index (χ4v) is 2.05. The molecule has 0 aromatic heterocycles. The van der Waals surface area contributed by atoms with Crippen molar-refractivity contribution in [3.05, 3.63) is 64.1 Å². The van der Waals surface area contributed by atoms with Crippen molar-refractivity contribution in [1.82, 2.24) is 5.32 Å². The summed E-state index contributed by atoms with van der Waals surface area (Å²) in [6, 6.07) is 12.9. The van der Waals surface area contributed by atoms with Gasteiger partial charge in [-0.1, -0.05) is 41.4 Å². The Morgan fingerprint density at radius 1 is 1.00 bits per heavy atom. The zero-order chi connectivity index (χ0) is 16.1. The molecular formula is C16H14Cl2N2O2. The largest absolute Gasteiger partial charge is 0.341 e. The molecule has 0 radical (unpaired) electrons. The molecule has 4 nitrogen and oxygen atoms in total. The summed E-state index contributed by atoms with van der Waals surface area (Å²) in [6.07, 6.45) is 0. The van der Waals surface area contributed by atoms with Gasteiger partial charge in [-0.25, -0.2) is 0 Å². The summed E-state index contributed by atoms with van der Waals surface area (Å²) in [5.74, 6) is -0.700. The van der Waals surface area contributed by atoms with E-state index in [0.29, 0.717) is 16.3 Å². The second kappa shape index (κ2) is 7.29. The van der Waals surface area contributed by atoms with Crippen LogP contribution in [0.5, 0.6) is 0 Å². The van der Waals surface area contributed by atoms with Gasteiger partial charge in [0.1, 0.15) is 6.04 Å². The average molecular weight is 337 g/mol. The molecule has 2 aromatic carbocycles. The van der Waals surface area contributed by atoms with E-state index in [4.69, 9.17) is 23.2 Å². The van der Waals surface area contributed by atoms with E-state index < -0.39 is 11.9 Å². The molecule has 0 heterocycles. The lowest BCUT2D eigenvalue weighted by Crippen LogP contribution is -2.41. The highest BCUT2D eigenvalue weighted by Crippen LogP contribution is 2.22. The van der Waals surface area contributed by atoms with Gasteiger partial charge >= 0.3 is 0 Å². The molecule has 0 aliphatic carbocycles. The maximum absolute atomic E-state index is 12.1. The van der Waals surface area contributed by atoms with Gasteiger partial charge in [0.25, 0.3) is 5.91 Å². The van der Waals surface area contributed by atoms with E-state index in [-0.39, 0.29) is 10.9 Å². The number of rotatable bonds is 4. The van der Waals surface area contributed by atoms with E-state index >= 15 is 0 Å². The molecule has 6 heteroatoms. The Balaban J connectivity index is 1.98. The quantitative estimate of drug-likeness (QED) is 0.893. The Morgan fingerprint density at radius 3 is 2.32 bits per heavy atom. The van der Waals surface area contributed by atoms with Crippen LogP contribution in [-0.2, 0) is 4.79 Å². The van der Waals surface area contributed by atoms with E-state index in [9.17, 15) is 9.59 Å². The highest BCUT2D eigenvalue weighted by molar-refractivity contribution is 6.42. The molecule has 2 rings (SSSR count). The topological polar surface area (TPSA) is 58.2 Å². The lowest BCUT2D eigenvalue weighted by atomic mass is 10.2. The first-order valence-corrected chi connectivity index (χ1v) is 7.35. The van der Waals surface area contributed by atoms with E-state index in [1.807, 2.05) is 18.2 Å². The highest BCUT2D eigenvalue weighted by atomic mass is 35.5. The number of carbonyl (C=O) groups is 2. The molecule has 0 spiro atoms. The van der Waals surface area contributed by atoms with E-state index in [2.05, 4.69) is 10.6 Å². The van der Waals surface area contributed by atoms with Crippen LogP contribution in [0, 0.1) is 0 Å². The van der Waals surface area contributed by atoms with Crippen molar-refractivity contribution in [2.75, 3.05) is 5.32 Å². The Bertz CT molecular complexity index is 690. The number of amides is 2. The molecule has 2 aromatic rings. The summed E-state index contributed by atoms with van der Waals surface area (Å²) in [4.78, 5) is 24.1. The van der Waals surface area contributed by atoms with E-state index in [1.165, 1.54) is 12.1 Å². The van der Waals surface area contributed by atoms with Gasteiger partial charge in [-0.3, -0.25) is 9.59 Å². The SMILES string of the molecule is CC(NC(=O)c1ccc(Cl)c(Cl)c1)C(=O)Nc1ccccc1. The van der Waals surface area contributed by atoms with Gasteiger partial charge in [0.2, 0.25) is 5.91 Å². The average Bonchev–Trinajstić information content (AvgIpc) is 2.50. The molecule has 2 amide bonds. The van der Waals surface area contributed by atoms with Crippen LogP contribution in [0.25, 0.3) is 0 Å². The van der Waals surface area contributed by atoms with Crippen molar-refractivity contribution in [1.29, 1.82) is 0 Å². The number of para-hydroxylation sites is 1. The number of anilines is 1. The maximum Gasteiger partial charge on any atom is 0.251 e. The highest BCUT2D eigenvalue weighted by Gasteiger charge is 2.17. The molecule has 114 valence electrons. The van der Waals surface area contributed by atoms with Crippen LogP contribution in [0.15, 0.2) is 48.5 Å². The molecule has 0 aliphatic heterocycles. The minimum absolute atomic E-state index is 0.288. The van der Waals surface area contributed by atoms with Gasteiger partial charge in [0.05, 0.1) is 10.0 Å². The Morgan fingerprint density at radius 2 is 1.68 bits per heavy atom. The number of carbonyl (C=O) groups excluding carboxylic acids is 2. The van der Waals surface area contributed by atoms with Gasteiger partial charge in [0.15, 0.2) is 0 Å². The normalized spacial score (nSPS) is 11.6. The Kier molecular flexibility index (Phi) is 5.41. The second-order valence-electron chi connectivity index (χ2n) is 4.68. The summed E-state index contributed by atoms with van der Waals surface area (Å²) >= 11 is 11.7. The molecule has 0 saturated heterocycles. The Labute approximate surface area is 138 Å². The monoisotopic (exact) mass is 336 g/mol. The first-order valence-electron chi connectivity index (χ1n) is 6.59. The fraction of sp³-hybridized carbons (Fsp3) is 0.125. The summed E-state index contributed by atoms with van der Waals surface area (Å²) in [5, 5.41) is 5.98. The minimum atomic E-state index is -0.692. The molecule has 0 fully saturated rings. The Hall–Kier alpha value is -2.04. The van der Waals surface area contributed by atoms with Crippen LogP contribution >= 0.6 is 23.2 Å². The lowest BCUT2D eigenvalue weighted by molar-refractivity contribution is -0.117. The zero-order valence-corrected chi connectivity index (χ0v) is 13.3. The third-order valence-electron chi connectivity index (χ3n) is 2.96. The summed E-state index contributed by atoms with van der Waals surface area (Å²) in [7, 11) is 0. The predicted octanol–water partition coefficient (Wildman–Crippen LogP) is 3.75. The molecule has 2 N–H and O–H groups in total. The van der Waals surface area contributed by atoms with Gasteiger partial charge in [0, 0.05) is 11.3 Å². The molecule has 0 saturated carbocycles. The van der Waals surface area contributed by atoms with Crippen molar-refractivity contribution in [3.63, 3.8) is 0 Å². The predicted molar refractivity (Wildman–Crippen MR) is 88.5 cm³/mol. The fourth-order valence-electron chi connectivity index (χ4n) is 1.75. The van der Waals surface area contributed by atoms with Crippen LogP contribution < -0.4 is 10.6 Å². The van der Waals surface area contributed by atoms with Crippen molar-refractivity contribution >= 4 is 40.7 Å². The minimum Gasteiger partial charge on any atom is -0.341 e. The molecule has 22 heavy (non-hydrogen) atoms. The van der Waals surface area contributed by atoms with Crippen molar-refractivity contribution in [3.8, 4) is 0 Å². The van der Waals surface area contributed by atoms with Crippen molar-refractivity contribution < 1.29 is 9.59 Å². The molecule has 0 bridgehead atoms. The number of halogens is 2. The van der Waals surface area contributed by atoms with Crippen LogP contribution in [0.1, 0.15) is 17.3 Å². The summed E-state index contributed by atoms with van der Waals surface area (Å²) in [5.41, 5.74) is 1.01. The van der Waals surface area contributed by atoms with Crippen LogP contribution in [0.2, 0.25) is 10.0 Å². The van der Waals surface area contributed by atoms with Gasteiger partial charge in [-0.15, -0.1) is 0 Å². The molecule has 1 unspecified atom stereocenters. The number of hydrogen-bond acceptors (Lipinski definition) is 2.